The van der Waals surface area contributed by atoms with Crippen molar-refractivity contribution in [2.75, 3.05) is 32.6 Å². The lowest BCUT2D eigenvalue weighted by Crippen LogP contribution is -2.80. The number of rotatable bonds is 5. The van der Waals surface area contributed by atoms with Crippen molar-refractivity contribution < 1.29 is 9.59 Å². The molecular formula is C20H29N7O2. The van der Waals surface area contributed by atoms with Crippen LogP contribution in [0.1, 0.15) is 24.5 Å². The zero-order valence-electron chi connectivity index (χ0n) is 17.2. The molecule has 0 radical (unpaired) electrons. The van der Waals surface area contributed by atoms with Crippen LogP contribution in [0.2, 0.25) is 0 Å². The minimum Gasteiger partial charge on any atom is -0.348 e. The van der Waals surface area contributed by atoms with Crippen molar-refractivity contribution in [3.05, 3.63) is 29.3 Å². The van der Waals surface area contributed by atoms with Crippen molar-refractivity contribution in [1.82, 2.24) is 25.3 Å². The van der Waals surface area contributed by atoms with Crippen LogP contribution >= 0.6 is 0 Å². The van der Waals surface area contributed by atoms with Crippen LogP contribution in [0.15, 0.2) is 23.2 Å². The minimum absolute atomic E-state index is 0.0420. The van der Waals surface area contributed by atoms with Crippen molar-refractivity contribution in [2.45, 2.75) is 44.8 Å². The van der Waals surface area contributed by atoms with Crippen LogP contribution < -0.4 is 16.0 Å². The average molecular weight is 399 g/mol. The number of urea groups is 1. The molecule has 0 aromatic heterocycles. The maximum absolute atomic E-state index is 12.6. The first kappa shape index (κ1) is 19.8. The number of benzene rings is 1. The molecule has 0 aliphatic carbocycles. The highest BCUT2D eigenvalue weighted by Gasteiger charge is 2.49. The van der Waals surface area contributed by atoms with Gasteiger partial charge in [0.2, 0.25) is 5.91 Å². The summed E-state index contributed by atoms with van der Waals surface area (Å²) in [7, 11) is 3.50. The molecule has 4 heterocycles. The zero-order valence-corrected chi connectivity index (χ0v) is 17.2. The van der Waals surface area contributed by atoms with Crippen LogP contribution in [-0.4, -0.2) is 78.7 Å². The smallest absolute Gasteiger partial charge is 0.321 e. The number of nitrogens with zero attached hydrogens (tertiary/aromatic N) is 4. The molecule has 3 saturated heterocycles. The van der Waals surface area contributed by atoms with Crippen molar-refractivity contribution in [3.63, 3.8) is 0 Å². The van der Waals surface area contributed by atoms with Gasteiger partial charge in [-0.2, -0.15) is 0 Å². The maximum atomic E-state index is 12.6. The fraction of sp³-hybridized carbons (Fsp3) is 0.550. The quantitative estimate of drug-likeness (QED) is 0.674. The van der Waals surface area contributed by atoms with Gasteiger partial charge in [0.1, 0.15) is 6.29 Å². The number of aliphatic imine (C=N–C) groups is 1. The predicted molar refractivity (Wildman–Crippen MR) is 111 cm³/mol. The molecule has 3 N–H and O–H groups in total. The molecular weight excluding hydrogens is 370 g/mol. The first-order chi connectivity index (χ1) is 13.9. The number of anilines is 1. The number of nitrogens with one attached hydrogen (secondary N) is 3. The Morgan fingerprint density at radius 1 is 1.24 bits per heavy atom. The van der Waals surface area contributed by atoms with Gasteiger partial charge in [-0.15, -0.1) is 0 Å². The van der Waals surface area contributed by atoms with Crippen LogP contribution in [0.4, 0.5) is 10.5 Å². The Balaban J connectivity index is 1.34. The Hall–Kier alpha value is -2.49. The van der Waals surface area contributed by atoms with Gasteiger partial charge < -0.3 is 15.5 Å². The van der Waals surface area contributed by atoms with Gasteiger partial charge in [0.05, 0.1) is 25.9 Å². The Morgan fingerprint density at radius 3 is 2.83 bits per heavy atom. The van der Waals surface area contributed by atoms with Crippen molar-refractivity contribution in [3.8, 4) is 0 Å². The van der Waals surface area contributed by atoms with E-state index in [1.54, 1.807) is 19.0 Å². The van der Waals surface area contributed by atoms with Gasteiger partial charge in [0.25, 0.3) is 0 Å². The highest BCUT2D eigenvalue weighted by atomic mass is 16.2. The highest BCUT2D eigenvalue weighted by molar-refractivity contribution is 5.89. The summed E-state index contributed by atoms with van der Waals surface area (Å²) < 4.78 is 0. The van der Waals surface area contributed by atoms with E-state index in [0.29, 0.717) is 12.6 Å². The molecule has 5 unspecified atom stereocenters. The second-order valence-corrected chi connectivity index (χ2v) is 8.12. The zero-order chi connectivity index (χ0) is 20.5. The first-order valence-electron chi connectivity index (χ1n) is 10.0. The normalized spacial score (nSPS) is 29.4. The average Bonchev–Trinajstić information content (AvgIpc) is 2.69. The van der Waals surface area contributed by atoms with Crippen LogP contribution in [-0.2, 0) is 17.8 Å². The van der Waals surface area contributed by atoms with Gasteiger partial charge in [-0.25, -0.2) is 9.69 Å². The van der Waals surface area contributed by atoms with E-state index < -0.39 is 0 Å². The molecule has 4 aliphatic heterocycles. The highest BCUT2D eigenvalue weighted by Crippen LogP contribution is 2.31. The summed E-state index contributed by atoms with van der Waals surface area (Å²) in [6, 6.07) is 6.05. The van der Waals surface area contributed by atoms with E-state index in [9.17, 15) is 9.59 Å². The van der Waals surface area contributed by atoms with E-state index in [-0.39, 0.29) is 30.9 Å². The largest absolute Gasteiger partial charge is 0.348 e. The molecule has 3 fully saturated rings. The summed E-state index contributed by atoms with van der Waals surface area (Å²) >= 11 is 0. The molecule has 5 rings (SSSR count). The van der Waals surface area contributed by atoms with Crippen LogP contribution in [0.3, 0.4) is 0 Å². The molecule has 1 aromatic carbocycles. The summed E-state index contributed by atoms with van der Waals surface area (Å²) in [5.41, 5.74) is 3.19. The molecule has 5 atom stereocenters. The molecule has 9 heteroatoms. The lowest BCUT2D eigenvalue weighted by Gasteiger charge is -2.61. The second-order valence-electron chi connectivity index (χ2n) is 8.12. The van der Waals surface area contributed by atoms with Crippen molar-refractivity contribution in [1.29, 1.82) is 0 Å². The fourth-order valence-corrected chi connectivity index (χ4v) is 4.07. The van der Waals surface area contributed by atoms with Gasteiger partial charge in [0, 0.05) is 38.5 Å². The van der Waals surface area contributed by atoms with Gasteiger partial charge >= 0.3 is 6.03 Å². The Labute approximate surface area is 171 Å². The van der Waals surface area contributed by atoms with Gasteiger partial charge in [-0.1, -0.05) is 6.07 Å². The van der Waals surface area contributed by atoms with E-state index in [0.717, 1.165) is 25.2 Å². The first-order valence-corrected chi connectivity index (χ1v) is 10.0. The number of hydrogen-bond acceptors (Lipinski definition) is 6. The van der Waals surface area contributed by atoms with Crippen molar-refractivity contribution in [2.24, 2.45) is 4.99 Å². The number of fused-ring (bicyclic) bond motifs is 3. The number of hydrogen-bond donors (Lipinski definition) is 3. The van der Waals surface area contributed by atoms with Gasteiger partial charge in [-0.3, -0.25) is 20.0 Å². The molecule has 9 nitrogen and oxygen atoms in total. The summed E-state index contributed by atoms with van der Waals surface area (Å²) in [5, 5.41) is 9.34. The number of carbonyl (C=O) groups excluding carboxylic acids is 2. The molecule has 2 bridgehead atoms. The lowest BCUT2D eigenvalue weighted by atomic mass is 10.0. The standard InChI is InChI=1S/C20H29N7O2/c1-13-8-17(22-11-18(28)25(2)3)27-12-26(13)20(27)24-19(29)23-16-5-4-15-10-21-7-6-14(15)9-16/h4-5,7,9,13,17,20,22H,6,8,10-12H2,1-3H3,(H2,23,24,29). The Kier molecular flexibility index (Phi) is 5.53. The summed E-state index contributed by atoms with van der Waals surface area (Å²) in [4.78, 5) is 34.8. The number of carbonyl (C=O) groups is 2. The third-order valence-corrected chi connectivity index (χ3v) is 5.90. The molecule has 0 spiro atoms. The fourth-order valence-electron chi connectivity index (χ4n) is 4.07. The van der Waals surface area contributed by atoms with Crippen LogP contribution in [0.25, 0.3) is 0 Å². The molecule has 1 aromatic rings. The Bertz CT molecular complexity index is 825. The summed E-state index contributed by atoms with van der Waals surface area (Å²) in [6.45, 7) is 3.92. The van der Waals surface area contributed by atoms with Crippen LogP contribution in [0.5, 0.6) is 0 Å². The van der Waals surface area contributed by atoms with Gasteiger partial charge in [-0.05, 0) is 36.6 Å². The van der Waals surface area contributed by atoms with E-state index in [1.165, 1.54) is 11.1 Å². The topological polar surface area (TPSA) is 92.3 Å². The Morgan fingerprint density at radius 2 is 2.07 bits per heavy atom. The van der Waals surface area contributed by atoms with E-state index in [1.807, 2.05) is 24.4 Å². The van der Waals surface area contributed by atoms with E-state index >= 15 is 0 Å². The molecule has 156 valence electrons. The predicted octanol–water partition coefficient (Wildman–Crippen LogP) is 0.590. The van der Waals surface area contributed by atoms with E-state index in [2.05, 4.69) is 37.7 Å². The third-order valence-electron chi connectivity index (χ3n) is 5.90. The maximum Gasteiger partial charge on any atom is 0.321 e. The second kappa shape index (κ2) is 8.10. The summed E-state index contributed by atoms with van der Waals surface area (Å²) in [5.74, 6) is 0.0420. The third kappa shape index (κ3) is 4.12. The van der Waals surface area contributed by atoms with E-state index in [4.69, 9.17) is 0 Å². The van der Waals surface area contributed by atoms with Gasteiger partial charge in [0.15, 0.2) is 0 Å². The number of likely N-dealkylation sites (N-methyl/N-ethyl adjacent to an activating group) is 1. The molecule has 4 aliphatic rings. The SMILES string of the molecule is CC1CC(NCC(=O)N(C)C)N2CN1C2NC(=O)Nc1ccc2c(c1)CC=NC2. The lowest BCUT2D eigenvalue weighted by molar-refractivity contribution is -0.209. The van der Waals surface area contributed by atoms with Crippen LogP contribution in [0, 0.1) is 0 Å². The van der Waals surface area contributed by atoms with Crippen molar-refractivity contribution >= 4 is 23.8 Å². The minimum atomic E-state index is -0.230. The molecule has 0 saturated carbocycles. The monoisotopic (exact) mass is 399 g/mol. The summed E-state index contributed by atoms with van der Waals surface area (Å²) in [6.07, 6.45) is 3.51. The molecule has 3 amide bonds. The number of amides is 3. The molecule has 29 heavy (non-hydrogen) atoms.